The second-order valence-corrected chi connectivity index (χ2v) is 8.63. The highest BCUT2D eigenvalue weighted by atomic mass is 16.6. The first-order valence-electron chi connectivity index (χ1n) is 10.7. The average molecular weight is 423 g/mol. The van der Waals surface area contributed by atoms with Gasteiger partial charge in [-0.1, -0.05) is 17.7 Å². The lowest BCUT2D eigenvalue weighted by Crippen LogP contribution is -2.62. The number of aliphatic hydroxyl groups is 3. The van der Waals surface area contributed by atoms with Crippen LogP contribution in [-0.2, 0) is 4.74 Å². The molecule has 0 aromatic heterocycles. The number of likely N-dealkylation sites (tertiary alicyclic amines) is 2. The Labute approximate surface area is 178 Å². The van der Waals surface area contributed by atoms with E-state index < -0.39 is 17.3 Å². The molecule has 1 aromatic rings. The number of carbonyl (C=O) groups excluding carboxylic acids is 1. The molecule has 1 aromatic carbocycles. The quantitative estimate of drug-likeness (QED) is 0.632. The highest BCUT2D eigenvalue weighted by Gasteiger charge is 2.44. The van der Waals surface area contributed by atoms with Crippen LogP contribution in [0, 0.1) is 6.92 Å². The van der Waals surface area contributed by atoms with Crippen LogP contribution in [0.1, 0.15) is 31.7 Å². The number of aliphatic hydroxyl groups excluding tert-OH is 1. The molecule has 0 saturated carbocycles. The molecule has 0 bridgehead atoms. The minimum Gasteiger partial charge on any atom is -0.490 e. The highest BCUT2D eigenvalue weighted by molar-refractivity contribution is 5.67. The first kappa shape index (κ1) is 22.8. The Kier molecular flexibility index (Phi) is 7.23. The van der Waals surface area contributed by atoms with E-state index in [2.05, 4.69) is 0 Å². The second kappa shape index (κ2) is 9.51. The van der Waals surface area contributed by atoms with Crippen LogP contribution in [0.3, 0.4) is 0 Å². The molecule has 0 radical (unpaired) electrons. The van der Waals surface area contributed by atoms with Crippen LogP contribution >= 0.6 is 0 Å². The number of benzene rings is 1. The molecule has 2 fully saturated rings. The number of hydrogen-bond donors (Lipinski definition) is 3. The number of aryl methyl sites for hydroxylation is 1. The van der Waals surface area contributed by atoms with E-state index in [1.54, 1.807) is 11.8 Å². The van der Waals surface area contributed by atoms with E-state index in [4.69, 9.17) is 9.47 Å². The number of hydrogen-bond acceptors (Lipinski definition) is 7. The molecule has 1 amide bonds. The lowest BCUT2D eigenvalue weighted by molar-refractivity contribution is -0.150. The summed E-state index contributed by atoms with van der Waals surface area (Å²) in [4.78, 5) is 15.5. The number of ether oxygens (including phenoxy) is 2. The lowest BCUT2D eigenvalue weighted by Gasteiger charge is -2.46. The zero-order valence-electron chi connectivity index (χ0n) is 17.9. The molecule has 30 heavy (non-hydrogen) atoms. The summed E-state index contributed by atoms with van der Waals surface area (Å²) in [5.74, 6) is 0.642. The van der Waals surface area contributed by atoms with Gasteiger partial charge in [0.25, 0.3) is 0 Å². The van der Waals surface area contributed by atoms with Crippen LogP contribution in [0.4, 0.5) is 4.79 Å². The van der Waals surface area contributed by atoms with Gasteiger partial charge in [-0.25, -0.2) is 4.79 Å². The average Bonchev–Trinajstić information content (AvgIpc) is 2.71. The van der Waals surface area contributed by atoms with Crippen molar-refractivity contribution < 1.29 is 29.6 Å². The summed E-state index contributed by atoms with van der Waals surface area (Å²) in [5, 5.41) is 32.5. The van der Waals surface area contributed by atoms with Crippen molar-refractivity contribution in [2.45, 2.75) is 50.4 Å². The van der Waals surface area contributed by atoms with Crippen LogP contribution in [0.25, 0.3) is 0 Å². The van der Waals surface area contributed by atoms with Crippen molar-refractivity contribution >= 4 is 6.09 Å². The van der Waals surface area contributed by atoms with Crippen LogP contribution in [-0.4, -0.2) is 94.5 Å². The standard InChI is InChI=1S/C22H34N2O6/c1-3-29-20(26)24-12-9-21(27,10-13-24)14-23-11-8-19(25)22(28,15-23)16-30-18-6-4-17(2)5-7-18/h4-7,19,25,27-28H,3,8-16H2,1-2H3/t19-,22-/m0/s1. The molecule has 2 atom stereocenters. The molecule has 2 saturated heterocycles. The van der Waals surface area contributed by atoms with Crippen molar-refractivity contribution in [1.29, 1.82) is 0 Å². The Hall–Kier alpha value is -1.87. The van der Waals surface area contributed by atoms with Crippen molar-refractivity contribution in [3.63, 3.8) is 0 Å². The van der Waals surface area contributed by atoms with Gasteiger partial charge in [-0.15, -0.1) is 0 Å². The van der Waals surface area contributed by atoms with E-state index in [0.717, 1.165) is 5.56 Å². The van der Waals surface area contributed by atoms with Crippen LogP contribution in [0.2, 0.25) is 0 Å². The number of rotatable bonds is 6. The molecular formula is C22H34N2O6. The fraction of sp³-hybridized carbons (Fsp3) is 0.682. The van der Waals surface area contributed by atoms with E-state index in [0.29, 0.717) is 57.8 Å². The van der Waals surface area contributed by atoms with Gasteiger partial charge in [0.2, 0.25) is 0 Å². The summed E-state index contributed by atoms with van der Waals surface area (Å²) >= 11 is 0. The Morgan fingerprint density at radius 1 is 1.17 bits per heavy atom. The van der Waals surface area contributed by atoms with Gasteiger partial charge in [-0.2, -0.15) is 0 Å². The summed E-state index contributed by atoms with van der Waals surface area (Å²) < 4.78 is 10.8. The molecule has 168 valence electrons. The van der Waals surface area contributed by atoms with Crippen molar-refractivity contribution in [3.8, 4) is 5.75 Å². The monoisotopic (exact) mass is 422 g/mol. The topological polar surface area (TPSA) is 103 Å². The largest absolute Gasteiger partial charge is 0.490 e. The number of piperidine rings is 2. The van der Waals surface area contributed by atoms with Crippen molar-refractivity contribution in [2.24, 2.45) is 0 Å². The maximum atomic E-state index is 11.9. The lowest BCUT2D eigenvalue weighted by atomic mass is 9.86. The predicted molar refractivity (Wildman–Crippen MR) is 111 cm³/mol. The molecule has 3 rings (SSSR count). The Morgan fingerprint density at radius 3 is 2.47 bits per heavy atom. The molecule has 2 aliphatic rings. The van der Waals surface area contributed by atoms with E-state index in [-0.39, 0.29) is 19.2 Å². The fourth-order valence-corrected chi connectivity index (χ4v) is 4.16. The van der Waals surface area contributed by atoms with Gasteiger partial charge >= 0.3 is 6.09 Å². The van der Waals surface area contributed by atoms with E-state index in [9.17, 15) is 20.1 Å². The number of β-amino-alcohol motifs (C(OH)–C–C–N with tert-alkyl or cyclic N) is 2. The Bertz CT molecular complexity index is 704. The summed E-state index contributed by atoms with van der Waals surface area (Å²) in [6.07, 6.45) is 0.0632. The minimum absolute atomic E-state index is 0.0250. The molecule has 2 heterocycles. The zero-order chi connectivity index (χ0) is 21.8. The highest BCUT2D eigenvalue weighted by Crippen LogP contribution is 2.29. The molecule has 0 unspecified atom stereocenters. The second-order valence-electron chi connectivity index (χ2n) is 8.63. The summed E-state index contributed by atoms with van der Waals surface area (Å²) in [7, 11) is 0. The van der Waals surface area contributed by atoms with Gasteiger partial charge in [0, 0.05) is 32.7 Å². The van der Waals surface area contributed by atoms with Gasteiger partial charge in [0.1, 0.15) is 18.0 Å². The third-order valence-electron chi connectivity index (χ3n) is 6.08. The summed E-state index contributed by atoms with van der Waals surface area (Å²) in [6, 6.07) is 7.54. The van der Waals surface area contributed by atoms with E-state index in [1.807, 2.05) is 36.1 Å². The Balaban J connectivity index is 1.54. The molecule has 8 nitrogen and oxygen atoms in total. The number of amides is 1. The van der Waals surface area contributed by atoms with Crippen molar-refractivity contribution in [1.82, 2.24) is 9.80 Å². The third-order valence-corrected chi connectivity index (χ3v) is 6.08. The third kappa shape index (κ3) is 5.63. The van der Waals surface area contributed by atoms with Crippen LogP contribution in [0.5, 0.6) is 5.75 Å². The van der Waals surface area contributed by atoms with Gasteiger partial charge in [-0.3, -0.25) is 4.90 Å². The SMILES string of the molecule is CCOC(=O)N1CCC(O)(CN2CC[C@H](O)[C@@](O)(COc3ccc(C)cc3)C2)CC1. The molecular weight excluding hydrogens is 388 g/mol. The van der Waals surface area contributed by atoms with Crippen molar-refractivity contribution in [3.05, 3.63) is 29.8 Å². The van der Waals surface area contributed by atoms with Gasteiger partial charge < -0.3 is 29.7 Å². The minimum atomic E-state index is -1.41. The van der Waals surface area contributed by atoms with E-state index >= 15 is 0 Å². The smallest absolute Gasteiger partial charge is 0.409 e. The van der Waals surface area contributed by atoms with Gasteiger partial charge in [0.15, 0.2) is 0 Å². The van der Waals surface area contributed by atoms with E-state index in [1.165, 1.54) is 0 Å². The number of carbonyl (C=O) groups is 1. The molecule has 8 heteroatoms. The first-order chi connectivity index (χ1) is 14.2. The van der Waals surface area contributed by atoms with Gasteiger partial charge in [-0.05, 0) is 45.2 Å². The maximum absolute atomic E-state index is 11.9. The van der Waals surface area contributed by atoms with Crippen LogP contribution in [0.15, 0.2) is 24.3 Å². The van der Waals surface area contributed by atoms with Crippen LogP contribution < -0.4 is 4.74 Å². The predicted octanol–water partition coefficient (Wildman–Crippen LogP) is 1.15. The number of nitrogens with zero attached hydrogens (tertiary/aromatic N) is 2. The summed E-state index contributed by atoms with van der Waals surface area (Å²) in [6.45, 7) is 6.11. The fourth-order valence-electron chi connectivity index (χ4n) is 4.16. The molecule has 2 aliphatic heterocycles. The Morgan fingerprint density at radius 2 is 1.83 bits per heavy atom. The van der Waals surface area contributed by atoms with Crippen molar-refractivity contribution in [2.75, 3.05) is 45.9 Å². The molecule has 0 aliphatic carbocycles. The van der Waals surface area contributed by atoms with Gasteiger partial charge in [0.05, 0.1) is 18.3 Å². The molecule has 3 N–H and O–H groups in total. The normalized spacial score (nSPS) is 27.0. The summed E-state index contributed by atoms with van der Waals surface area (Å²) in [5.41, 5.74) is -1.23. The first-order valence-corrected chi connectivity index (χ1v) is 10.7. The zero-order valence-corrected chi connectivity index (χ0v) is 17.9. The molecule has 0 spiro atoms. The maximum Gasteiger partial charge on any atom is 0.409 e.